The van der Waals surface area contributed by atoms with E-state index in [-0.39, 0.29) is 18.1 Å². The van der Waals surface area contributed by atoms with Crippen LogP contribution in [0.3, 0.4) is 0 Å². The fourth-order valence-electron chi connectivity index (χ4n) is 1.41. The smallest absolute Gasteiger partial charge is 0.168 e. The number of carbonyl (C=O) groups excluding carboxylic acids is 1. The van der Waals surface area contributed by atoms with Crippen molar-refractivity contribution >= 4 is 17.1 Å². The number of aryl methyl sites for hydroxylation is 1. The number of Topliss-reactive ketones (excluding diaryl/α,β-unsaturated/α-hetero) is 1. The predicted molar refractivity (Wildman–Crippen MR) is 54.3 cm³/mol. The van der Waals surface area contributed by atoms with E-state index in [0.29, 0.717) is 0 Å². The van der Waals surface area contributed by atoms with Crippen molar-refractivity contribution in [1.82, 2.24) is 4.98 Å². The van der Waals surface area contributed by atoms with Crippen LogP contribution in [0.15, 0.2) is 5.38 Å². The predicted octanol–water partition coefficient (Wildman–Crippen LogP) is 1.33. The van der Waals surface area contributed by atoms with Crippen molar-refractivity contribution in [3.63, 3.8) is 0 Å². The average molecular weight is 211 g/mol. The van der Waals surface area contributed by atoms with Crippen molar-refractivity contribution in [1.29, 1.82) is 0 Å². The molecule has 1 aliphatic carbocycles. The maximum absolute atomic E-state index is 11.5. The minimum Gasteiger partial charge on any atom is -0.385 e. The van der Waals surface area contributed by atoms with Crippen molar-refractivity contribution in [2.45, 2.75) is 32.3 Å². The fraction of sp³-hybridized carbons (Fsp3) is 0.600. The molecule has 1 heterocycles. The zero-order valence-corrected chi connectivity index (χ0v) is 8.88. The second-order valence-corrected chi connectivity index (χ2v) is 4.75. The highest BCUT2D eigenvalue weighted by Gasteiger charge is 2.34. The van der Waals surface area contributed by atoms with E-state index in [4.69, 9.17) is 0 Å². The number of nitrogens with zero attached hydrogens (tertiary/aromatic N) is 1. The highest BCUT2D eigenvalue weighted by molar-refractivity contribution is 7.09. The maximum atomic E-state index is 11.5. The molecular weight excluding hydrogens is 198 g/mol. The molecule has 0 radical (unpaired) electrons. The number of rotatable bonds is 4. The van der Waals surface area contributed by atoms with Gasteiger partial charge in [-0.2, -0.15) is 0 Å². The van der Waals surface area contributed by atoms with Gasteiger partial charge in [0.05, 0.1) is 6.42 Å². The highest BCUT2D eigenvalue weighted by atomic mass is 32.1. The number of carbonyl (C=O) groups is 1. The summed E-state index contributed by atoms with van der Waals surface area (Å²) in [5.74, 6) is 0.144. The molecule has 0 amide bonds. The summed E-state index contributed by atoms with van der Waals surface area (Å²) >= 11 is 1.48. The van der Waals surface area contributed by atoms with Gasteiger partial charge in [-0.25, -0.2) is 4.98 Å². The van der Waals surface area contributed by atoms with E-state index in [1.54, 1.807) is 0 Å². The molecule has 14 heavy (non-hydrogen) atoms. The van der Waals surface area contributed by atoms with Crippen LogP contribution in [0.1, 0.15) is 23.5 Å². The van der Waals surface area contributed by atoms with Gasteiger partial charge in [0.2, 0.25) is 0 Å². The normalized spacial score (nSPS) is 18.1. The quantitative estimate of drug-likeness (QED) is 0.817. The molecule has 2 rings (SSSR count). The lowest BCUT2D eigenvalue weighted by Gasteiger charge is -2.05. The number of aliphatic hydroxyl groups is 1. The third-order valence-electron chi connectivity index (χ3n) is 2.39. The number of thiazole rings is 1. The van der Waals surface area contributed by atoms with E-state index in [1.165, 1.54) is 11.3 Å². The molecule has 1 N–H and O–H groups in total. The first-order valence-electron chi connectivity index (χ1n) is 4.78. The van der Waals surface area contributed by atoms with Crippen LogP contribution in [-0.4, -0.2) is 22.0 Å². The van der Waals surface area contributed by atoms with E-state index in [0.717, 1.165) is 23.5 Å². The van der Waals surface area contributed by atoms with Crippen LogP contribution in [0.5, 0.6) is 0 Å². The Morgan fingerprint density at radius 1 is 1.79 bits per heavy atom. The van der Waals surface area contributed by atoms with E-state index >= 15 is 0 Å². The summed E-state index contributed by atoms with van der Waals surface area (Å²) in [6.07, 6.45) is 1.52. The molecule has 0 bridgehead atoms. The molecule has 3 nitrogen and oxygen atoms in total. The van der Waals surface area contributed by atoms with Crippen LogP contribution in [0.4, 0.5) is 0 Å². The lowest BCUT2D eigenvalue weighted by atomic mass is 10.1. The summed E-state index contributed by atoms with van der Waals surface area (Å²) in [6, 6.07) is 0. The van der Waals surface area contributed by atoms with Crippen LogP contribution in [0.2, 0.25) is 0 Å². The van der Waals surface area contributed by atoms with Crippen molar-refractivity contribution in [2.75, 3.05) is 0 Å². The van der Waals surface area contributed by atoms with Gasteiger partial charge in [-0.15, -0.1) is 11.3 Å². The number of hydrogen-bond donors (Lipinski definition) is 1. The molecule has 1 atom stereocenters. The van der Waals surface area contributed by atoms with Crippen LogP contribution >= 0.6 is 11.3 Å². The number of ketones is 1. The molecule has 0 spiro atoms. The second kappa shape index (κ2) is 3.79. The Labute approximate surface area is 86.8 Å². The van der Waals surface area contributed by atoms with E-state index in [2.05, 4.69) is 4.98 Å². The SMILES string of the molecule is Cc1csc(CC(=O)C(O)C2CC2)n1. The molecule has 0 aliphatic heterocycles. The topological polar surface area (TPSA) is 50.2 Å². The minimum absolute atomic E-state index is 0.0816. The molecule has 1 aromatic heterocycles. The Morgan fingerprint density at radius 3 is 3.00 bits per heavy atom. The minimum atomic E-state index is -0.751. The molecular formula is C10H13NO2S. The molecule has 1 aliphatic rings. The van der Waals surface area contributed by atoms with Gasteiger partial charge in [-0.1, -0.05) is 0 Å². The molecule has 1 unspecified atom stereocenters. The summed E-state index contributed by atoms with van der Waals surface area (Å²) in [7, 11) is 0. The zero-order valence-electron chi connectivity index (χ0n) is 8.06. The van der Waals surface area contributed by atoms with Gasteiger partial charge in [0.1, 0.15) is 11.1 Å². The highest BCUT2D eigenvalue weighted by Crippen LogP contribution is 2.33. The summed E-state index contributed by atoms with van der Waals surface area (Å²) in [4.78, 5) is 15.7. The van der Waals surface area contributed by atoms with Crippen LogP contribution in [-0.2, 0) is 11.2 Å². The fourth-order valence-corrected chi connectivity index (χ4v) is 2.19. The van der Waals surface area contributed by atoms with E-state index in [1.807, 2.05) is 12.3 Å². The Morgan fingerprint density at radius 2 is 2.50 bits per heavy atom. The number of aliphatic hydroxyl groups excluding tert-OH is 1. The molecule has 1 saturated carbocycles. The molecule has 4 heteroatoms. The lowest BCUT2D eigenvalue weighted by Crippen LogP contribution is -2.24. The van der Waals surface area contributed by atoms with Crippen molar-refractivity contribution < 1.29 is 9.90 Å². The van der Waals surface area contributed by atoms with Gasteiger partial charge < -0.3 is 5.11 Å². The summed E-state index contributed by atoms with van der Waals surface area (Å²) in [6.45, 7) is 1.90. The van der Waals surface area contributed by atoms with Crippen molar-refractivity contribution in [3.05, 3.63) is 16.1 Å². The molecule has 1 fully saturated rings. The molecule has 76 valence electrons. The van der Waals surface area contributed by atoms with Crippen LogP contribution in [0, 0.1) is 12.8 Å². The zero-order chi connectivity index (χ0) is 10.1. The Balaban J connectivity index is 1.93. The van der Waals surface area contributed by atoms with Crippen molar-refractivity contribution in [3.8, 4) is 0 Å². The first-order valence-corrected chi connectivity index (χ1v) is 5.66. The number of aromatic nitrogens is 1. The first kappa shape index (κ1) is 9.80. The van der Waals surface area contributed by atoms with Gasteiger partial charge in [-0.05, 0) is 25.7 Å². The largest absolute Gasteiger partial charge is 0.385 e. The maximum Gasteiger partial charge on any atom is 0.168 e. The standard InChI is InChI=1S/C10H13NO2S/c1-6-5-14-9(11-6)4-8(12)10(13)7-2-3-7/h5,7,10,13H,2-4H2,1H3. The average Bonchev–Trinajstić information content (AvgIpc) is 2.91. The summed E-state index contributed by atoms with van der Waals surface area (Å²) in [5.41, 5.74) is 0.943. The van der Waals surface area contributed by atoms with E-state index < -0.39 is 6.10 Å². The molecule has 0 aromatic carbocycles. The van der Waals surface area contributed by atoms with E-state index in [9.17, 15) is 9.90 Å². The van der Waals surface area contributed by atoms with Gasteiger partial charge in [0, 0.05) is 11.1 Å². The first-order chi connectivity index (χ1) is 6.66. The lowest BCUT2D eigenvalue weighted by molar-refractivity contribution is -0.127. The van der Waals surface area contributed by atoms with Gasteiger partial charge in [0.15, 0.2) is 5.78 Å². The van der Waals surface area contributed by atoms with Gasteiger partial charge in [-0.3, -0.25) is 4.79 Å². The molecule has 1 aromatic rings. The Hall–Kier alpha value is -0.740. The van der Waals surface area contributed by atoms with Gasteiger partial charge >= 0.3 is 0 Å². The summed E-state index contributed by atoms with van der Waals surface area (Å²) in [5, 5.41) is 12.3. The van der Waals surface area contributed by atoms with Crippen LogP contribution < -0.4 is 0 Å². The summed E-state index contributed by atoms with van der Waals surface area (Å²) < 4.78 is 0. The Kier molecular flexibility index (Phi) is 2.65. The van der Waals surface area contributed by atoms with Crippen LogP contribution in [0.25, 0.3) is 0 Å². The van der Waals surface area contributed by atoms with Gasteiger partial charge in [0.25, 0.3) is 0 Å². The number of hydrogen-bond acceptors (Lipinski definition) is 4. The van der Waals surface area contributed by atoms with Crippen molar-refractivity contribution in [2.24, 2.45) is 5.92 Å². The monoisotopic (exact) mass is 211 g/mol. The Bertz CT molecular complexity index is 344. The third-order valence-corrected chi connectivity index (χ3v) is 3.36. The molecule has 0 saturated heterocycles. The second-order valence-electron chi connectivity index (χ2n) is 3.81. The third kappa shape index (κ3) is 2.19.